The highest BCUT2D eigenvalue weighted by atomic mass is 32.1. The topological polar surface area (TPSA) is 49.8 Å². The number of phenolic OH excluding ortho intramolecular Hbond substituents is 1. The lowest BCUT2D eigenvalue weighted by molar-refractivity contribution is 0.0275. The highest BCUT2D eigenvalue weighted by molar-refractivity contribution is 7.10. The molecule has 4 rings (SSSR count). The van der Waals surface area contributed by atoms with Crippen molar-refractivity contribution in [2.24, 2.45) is 5.92 Å². The third-order valence-corrected chi connectivity index (χ3v) is 6.91. The second-order valence-electron chi connectivity index (χ2n) is 7.32. The minimum Gasteiger partial charge on any atom is -0.508 e. The molecule has 5 heteroatoms. The van der Waals surface area contributed by atoms with Gasteiger partial charge in [-0.1, -0.05) is 0 Å². The molecule has 1 aromatic heterocycles. The van der Waals surface area contributed by atoms with Crippen LogP contribution in [0, 0.1) is 5.92 Å². The number of carbonyl (C=O) groups is 1. The van der Waals surface area contributed by atoms with Crippen molar-refractivity contribution in [3.05, 3.63) is 51.7 Å². The standard InChI is InChI=1S/C21H25NO3S/c1-25-18-8-4-14(5-9-18)19-20-15(11-13-26-20)10-12-22(19)21(24)16-2-6-17(23)7-3-16/h2-3,6-7,11,13-14,18-19,23H,4-5,8-10,12H2,1H3. The number of carbonyl (C=O) groups excluding carboxylic acids is 1. The second-order valence-corrected chi connectivity index (χ2v) is 8.27. The largest absolute Gasteiger partial charge is 0.508 e. The summed E-state index contributed by atoms with van der Waals surface area (Å²) in [5.41, 5.74) is 2.06. The number of thiophene rings is 1. The Hall–Kier alpha value is -1.85. The van der Waals surface area contributed by atoms with Gasteiger partial charge in [-0.3, -0.25) is 4.79 Å². The summed E-state index contributed by atoms with van der Waals surface area (Å²) in [4.78, 5) is 16.7. The monoisotopic (exact) mass is 371 g/mol. The van der Waals surface area contributed by atoms with Crippen LogP contribution in [0.25, 0.3) is 0 Å². The molecule has 2 aromatic rings. The number of benzene rings is 1. The third kappa shape index (κ3) is 3.26. The van der Waals surface area contributed by atoms with E-state index >= 15 is 0 Å². The van der Waals surface area contributed by atoms with Gasteiger partial charge in [-0.25, -0.2) is 0 Å². The first-order valence-corrected chi connectivity index (χ1v) is 10.2. The molecule has 2 heterocycles. The number of fused-ring (bicyclic) bond motifs is 1. The van der Waals surface area contributed by atoms with Gasteiger partial charge in [0.15, 0.2) is 0 Å². The normalized spacial score (nSPS) is 25.7. The van der Waals surface area contributed by atoms with E-state index in [1.807, 2.05) is 0 Å². The van der Waals surface area contributed by atoms with E-state index in [2.05, 4.69) is 16.3 Å². The summed E-state index contributed by atoms with van der Waals surface area (Å²) in [5.74, 6) is 0.748. The molecular weight excluding hydrogens is 346 g/mol. The number of ether oxygens (including phenoxy) is 1. The first-order chi connectivity index (χ1) is 12.7. The Morgan fingerprint density at radius 3 is 2.58 bits per heavy atom. The van der Waals surface area contributed by atoms with Crippen LogP contribution in [0.4, 0.5) is 0 Å². The van der Waals surface area contributed by atoms with Crippen LogP contribution in [0.3, 0.4) is 0 Å². The van der Waals surface area contributed by atoms with Crippen molar-refractivity contribution in [3.8, 4) is 5.75 Å². The minimum atomic E-state index is 0.0721. The zero-order chi connectivity index (χ0) is 18.1. The molecule has 1 atom stereocenters. The molecular formula is C21H25NO3S. The lowest BCUT2D eigenvalue weighted by Gasteiger charge is -2.42. The fourth-order valence-corrected chi connectivity index (χ4v) is 5.60. The Kier molecular flexibility index (Phi) is 5.00. The first-order valence-electron chi connectivity index (χ1n) is 9.36. The number of nitrogens with zero attached hydrogens (tertiary/aromatic N) is 1. The summed E-state index contributed by atoms with van der Waals surface area (Å²) in [6.45, 7) is 0.762. The molecule has 2 aliphatic rings. The van der Waals surface area contributed by atoms with Crippen LogP contribution < -0.4 is 0 Å². The summed E-state index contributed by atoms with van der Waals surface area (Å²) in [7, 11) is 1.80. The molecule has 26 heavy (non-hydrogen) atoms. The van der Waals surface area contributed by atoms with E-state index in [4.69, 9.17) is 4.74 Å². The van der Waals surface area contributed by atoms with Gasteiger partial charge < -0.3 is 14.7 Å². The average molecular weight is 372 g/mol. The van der Waals surface area contributed by atoms with Crippen LogP contribution in [-0.4, -0.2) is 35.7 Å². The van der Waals surface area contributed by atoms with Crippen molar-refractivity contribution >= 4 is 17.2 Å². The Labute approximate surface area is 158 Å². The fourth-order valence-electron chi connectivity index (χ4n) is 4.44. The highest BCUT2D eigenvalue weighted by Crippen LogP contribution is 2.45. The van der Waals surface area contributed by atoms with Gasteiger partial charge in [-0.15, -0.1) is 11.3 Å². The third-order valence-electron chi connectivity index (χ3n) is 5.88. The summed E-state index contributed by atoms with van der Waals surface area (Å²) in [6, 6.07) is 9.01. The number of amides is 1. The van der Waals surface area contributed by atoms with Crippen molar-refractivity contribution in [2.45, 2.75) is 44.2 Å². The van der Waals surface area contributed by atoms with Crippen LogP contribution in [0.5, 0.6) is 5.75 Å². The van der Waals surface area contributed by atoms with E-state index in [0.717, 1.165) is 38.6 Å². The molecule has 0 radical (unpaired) electrons. The SMILES string of the molecule is COC1CCC(C2c3sccc3CCN2C(=O)c2ccc(O)cc2)CC1. The van der Waals surface area contributed by atoms with E-state index < -0.39 is 0 Å². The molecule has 1 aliphatic heterocycles. The van der Waals surface area contributed by atoms with Crippen LogP contribution in [-0.2, 0) is 11.2 Å². The van der Waals surface area contributed by atoms with Crippen molar-refractivity contribution in [1.29, 1.82) is 0 Å². The number of hydrogen-bond donors (Lipinski definition) is 1. The van der Waals surface area contributed by atoms with Crippen molar-refractivity contribution in [1.82, 2.24) is 4.90 Å². The van der Waals surface area contributed by atoms with Crippen molar-refractivity contribution < 1.29 is 14.6 Å². The van der Waals surface area contributed by atoms with Gasteiger partial charge in [0.2, 0.25) is 0 Å². The number of phenols is 1. The molecule has 1 aliphatic carbocycles. The zero-order valence-corrected chi connectivity index (χ0v) is 15.9. The Morgan fingerprint density at radius 1 is 1.15 bits per heavy atom. The fraction of sp³-hybridized carbons (Fsp3) is 0.476. The predicted octanol–water partition coefficient (Wildman–Crippen LogP) is 4.40. The molecule has 1 amide bonds. The van der Waals surface area contributed by atoms with Gasteiger partial charge in [0.1, 0.15) is 5.75 Å². The maximum Gasteiger partial charge on any atom is 0.254 e. The number of hydrogen-bond acceptors (Lipinski definition) is 4. The highest BCUT2D eigenvalue weighted by Gasteiger charge is 2.39. The Balaban J connectivity index is 1.62. The van der Waals surface area contributed by atoms with E-state index in [1.165, 1.54) is 10.4 Å². The quantitative estimate of drug-likeness (QED) is 0.870. The zero-order valence-electron chi connectivity index (χ0n) is 15.1. The molecule has 138 valence electrons. The number of methoxy groups -OCH3 is 1. The lowest BCUT2D eigenvalue weighted by Crippen LogP contribution is -2.43. The summed E-state index contributed by atoms with van der Waals surface area (Å²) in [5, 5.41) is 11.7. The van der Waals surface area contributed by atoms with E-state index in [9.17, 15) is 9.90 Å². The molecule has 1 N–H and O–H groups in total. The van der Waals surface area contributed by atoms with Crippen LogP contribution in [0.2, 0.25) is 0 Å². The van der Waals surface area contributed by atoms with Crippen LogP contribution in [0.1, 0.15) is 52.5 Å². The van der Waals surface area contributed by atoms with Gasteiger partial charge in [-0.2, -0.15) is 0 Å². The molecule has 1 unspecified atom stereocenters. The second kappa shape index (κ2) is 7.41. The summed E-state index contributed by atoms with van der Waals surface area (Å²) in [6.07, 6.45) is 5.62. The molecule has 1 saturated carbocycles. The van der Waals surface area contributed by atoms with Gasteiger partial charge in [0, 0.05) is 24.1 Å². The van der Waals surface area contributed by atoms with E-state index in [1.54, 1.807) is 42.7 Å². The molecule has 1 fully saturated rings. The first kappa shape index (κ1) is 17.6. The van der Waals surface area contributed by atoms with Crippen molar-refractivity contribution in [2.75, 3.05) is 13.7 Å². The van der Waals surface area contributed by atoms with Crippen LogP contribution >= 0.6 is 11.3 Å². The maximum atomic E-state index is 13.2. The average Bonchev–Trinajstić information content (AvgIpc) is 3.16. The molecule has 4 nitrogen and oxygen atoms in total. The van der Waals surface area contributed by atoms with Gasteiger partial charge in [0.05, 0.1) is 12.1 Å². The molecule has 0 spiro atoms. The van der Waals surface area contributed by atoms with E-state index in [0.29, 0.717) is 17.6 Å². The summed E-state index contributed by atoms with van der Waals surface area (Å²) < 4.78 is 5.53. The predicted molar refractivity (Wildman–Crippen MR) is 103 cm³/mol. The van der Waals surface area contributed by atoms with E-state index in [-0.39, 0.29) is 17.7 Å². The molecule has 0 saturated heterocycles. The van der Waals surface area contributed by atoms with Gasteiger partial charge in [-0.05, 0) is 79.3 Å². The van der Waals surface area contributed by atoms with Gasteiger partial charge in [0.25, 0.3) is 5.91 Å². The Bertz CT molecular complexity index is 762. The Morgan fingerprint density at radius 2 is 1.88 bits per heavy atom. The molecule has 0 bridgehead atoms. The summed E-state index contributed by atoms with van der Waals surface area (Å²) >= 11 is 1.79. The van der Waals surface area contributed by atoms with Crippen LogP contribution in [0.15, 0.2) is 35.7 Å². The number of aromatic hydroxyl groups is 1. The smallest absolute Gasteiger partial charge is 0.254 e. The molecule has 1 aromatic carbocycles. The van der Waals surface area contributed by atoms with Gasteiger partial charge >= 0.3 is 0 Å². The lowest BCUT2D eigenvalue weighted by atomic mass is 9.79. The maximum absolute atomic E-state index is 13.2. The minimum absolute atomic E-state index is 0.0721. The van der Waals surface area contributed by atoms with Crippen molar-refractivity contribution in [3.63, 3.8) is 0 Å². The number of rotatable bonds is 3.